The first-order valence-corrected chi connectivity index (χ1v) is 21.2. The third-order valence-electron chi connectivity index (χ3n) is 13.1. The Hall–Kier alpha value is -8.00. The minimum Gasteiger partial charge on any atom is -0.310 e. The van der Waals surface area contributed by atoms with Gasteiger partial charge in [0.15, 0.2) is 0 Å². The molecule has 1 nitrogen and oxygen atoms in total. The van der Waals surface area contributed by atoms with Crippen molar-refractivity contribution in [2.45, 2.75) is 0 Å². The predicted molar refractivity (Wildman–Crippen MR) is 263 cm³/mol. The number of anilines is 3. The highest BCUT2D eigenvalue weighted by atomic mass is 15.1. The number of rotatable bonds is 5. The van der Waals surface area contributed by atoms with E-state index in [0.29, 0.717) is 0 Å². The molecular formula is C60H37N. The van der Waals surface area contributed by atoms with Gasteiger partial charge < -0.3 is 4.90 Å². The zero-order valence-corrected chi connectivity index (χ0v) is 33.3. The van der Waals surface area contributed by atoms with Gasteiger partial charge in [-0.3, -0.25) is 0 Å². The average Bonchev–Trinajstić information content (AvgIpc) is 3.33. The van der Waals surface area contributed by atoms with Crippen LogP contribution in [0.1, 0.15) is 0 Å². The first kappa shape index (κ1) is 33.9. The van der Waals surface area contributed by atoms with Crippen molar-refractivity contribution in [3.8, 4) is 22.3 Å². The van der Waals surface area contributed by atoms with Crippen LogP contribution in [0.4, 0.5) is 17.1 Å². The molecule has 0 saturated heterocycles. The third kappa shape index (κ3) is 5.21. The zero-order chi connectivity index (χ0) is 40.0. The van der Waals surface area contributed by atoms with Crippen LogP contribution in [-0.2, 0) is 0 Å². The topological polar surface area (TPSA) is 3.24 Å². The molecule has 0 unspecified atom stereocenters. The van der Waals surface area contributed by atoms with Crippen LogP contribution < -0.4 is 4.90 Å². The van der Waals surface area contributed by atoms with Gasteiger partial charge in [0.05, 0.1) is 0 Å². The molecule has 0 atom stereocenters. The lowest BCUT2D eigenvalue weighted by Gasteiger charge is -2.27. The van der Waals surface area contributed by atoms with Crippen molar-refractivity contribution in [3.63, 3.8) is 0 Å². The quantitative estimate of drug-likeness (QED) is 0.158. The molecule has 0 heterocycles. The van der Waals surface area contributed by atoms with E-state index in [2.05, 4.69) is 229 Å². The Balaban J connectivity index is 1.09. The SMILES string of the molecule is c1ccc2c(-c3ccc(N(c4ccc(-c5cccc6ccccc56)cc4)c4cc5ccc6cccc7c8cccc9ccc%10cccc(c(c4)c5c67)c%10c98)cc3)cccc2c1. The van der Waals surface area contributed by atoms with Crippen molar-refractivity contribution in [2.75, 3.05) is 4.90 Å². The predicted octanol–water partition coefficient (Wildman–Crippen LogP) is 17.2. The molecule has 0 N–H and O–H groups in total. The molecule has 0 amide bonds. The lowest BCUT2D eigenvalue weighted by molar-refractivity contribution is 1.29. The van der Waals surface area contributed by atoms with Crippen LogP contribution >= 0.6 is 0 Å². The third-order valence-corrected chi connectivity index (χ3v) is 13.1. The van der Waals surface area contributed by atoms with Crippen molar-refractivity contribution >= 4 is 103 Å². The van der Waals surface area contributed by atoms with Gasteiger partial charge in [0.1, 0.15) is 0 Å². The summed E-state index contributed by atoms with van der Waals surface area (Å²) in [5.74, 6) is 0. The minimum absolute atomic E-state index is 1.10. The van der Waals surface area contributed by atoms with Crippen LogP contribution in [0.15, 0.2) is 224 Å². The summed E-state index contributed by atoms with van der Waals surface area (Å²) in [4.78, 5) is 2.44. The van der Waals surface area contributed by atoms with Gasteiger partial charge in [-0.2, -0.15) is 0 Å². The van der Waals surface area contributed by atoms with Gasteiger partial charge in [0.2, 0.25) is 0 Å². The maximum atomic E-state index is 2.46. The number of hydrogen-bond donors (Lipinski definition) is 0. The fraction of sp³-hybridized carbons (Fsp3) is 0. The lowest BCUT2D eigenvalue weighted by Crippen LogP contribution is -2.10. The second-order valence-electron chi connectivity index (χ2n) is 16.4. The highest BCUT2D eigenvalue weighted by Crippen LogP contribution is 2.47. The highest BCUT2D eigenvalue weighted by Gasteiger charge is 2.20. The minimum atomic E-state index is 1.10. The van der Waals surface area contributed by atoms with Crippen LogP contribution in [0.2, 0.25) is 0 Å². The van der Waals surface area contributed by atoms with E-state index in [4.69, 9.17) is 0 Å². The molecule has 61 heavy (non-hydrogen) atoms. The molecule has 0 bridgehead atoms. The Morgan fingerprint density at radius 1 is 0.213 bits per heavy atom. The zero-order valence-electron chi connectivity index (χ0n) is 33.3. The van der Waals surface area contributed by atoms with Crippen molar-refractivity contribution in [3.05, 3.63) is 224 Å². The summed E-state index contributed by atoms with van der Waals surface area (Å²) >= 11 is 0. The van der Waals surface area contributed by atoms with E-state index in [-0.39, 0.29) is 0 Å². The first-order chi connectivity index (χ1) is 30.2. The molecular weight excluding hydrogens is 735 g/mol. The monoisotopic (exact) mass is 771 g/mol. The molecule has 13 aromatic carbocycles. The Morgan fingerprint density at radius 2 is 0.574 bits per heavy atom. The molecule has 1 heteroatoms. The van der Waals surface area contributed by atoms with Gasteiger partial charge in [-0.25, -0.2) is 0 Å². The maximum Gasteiger partial charge on any atom is 0.0474 e. The number of nitrogens with zero attached hydrogens (tertiary/aromatic N) is 1. The summed E-state index contributed by atoms with van der Waals surface area (Å²) in [6, 6.07) is 83.3. The summed E-state index contributed by atoms with van der Waals surface area (Å²) in [5, 5.41) is 20.4. The number of benzene rings is 12. The summed E-state index contributed by atoms with van der Waals surface area (Å²) in [6.45, 7) is 0. The summed E-state index contributed by atoms with van der Waals surface area (Å²) in [7, 11) is 0. The number of fused-ring (bicyclic) bond motifs is 4. The molecule has 0 saturated carbocycles. The summed E-state index contributed by atoms with van der Waals surface area (Å²) in [6.07, 6.45) is 0. The smallest absolute Gasteiger partial charge is 0.0474 e. The van der Waals surface area contributed by atoms with Crippen LogP contribution in [0.3, 0.4) is 0 Å². The fourth-order valence-corrected chi connectivity index (χ4v) is 10.4. The standard InChI is InChI=1S/C60H37N/c1-3-17-49-38(10-1)12-5-19-51(49)40-28-32-46(33-29-40)61(47-34-30-41(31-35-47)52-20-6-13-39-11-2-4-18-50(39)52)48-36-45-27-26-44-15-8-22-54-53-21-7-14-42-24-25-43-16-9-23-55(59(43)57(42)53)56(37-48)60(45)58(44)54/h1-37H. The van der Waals surface area contributed by atoms with Crippen molar-refractivity contribution in [1.82, 2.24) is 0 Å². The normalized spacial score (nSPS) is 11.9. The van der Waals surface area contributed by atoms with Gasteiger partial charge in [-0.05, 0) is 145 Å². The van der Waals surface area contributed by atoms with E-state index in [1.807, 2.05) is 0 Å². The van der Waals surface area contributed by atoms with E-state index in [1.54, 1.807) is 0 Å². The van der Waals surface area contributed by atoms with Crippen LogP contribution in [-0.4, -0.2) is 0 Å². The van der Waals surface area contributed by atoms with Gasteiger partial charge in [0.25, 0.3) is 0 Å². The van der Waals surface area contributed by atoms with Crippen molar-refractivity contribution in [2.24, 2.45) is 0 Å². The largest absolute Gasteiger partial charge is 0.310 e. The Morgan fingerprint density at radius 3 is 1.07 bits per heavy atom. The Bertz CT molecular complexity index is 3720. The summed E-state index contributed by atoms with van der Waals surface area (Å²) in [5.41, 5.74) is 8.20. The van der Waals surface area contributed by atoms with E-state index in [1.165, 1.54) is 108 Å². The van der Waals surface area contributed by atoms with Gasteiger partial charge in [-0.15, -0.1) is 0 Å². The molecule has 0 aromatic heterocycles. The number of hydrogen-bond acceptors (Lipinski definition) is 1. The second kappa shape index (κ2) is 13.3. The van der Waals surface area contributed by atoms with E-state index in [9.17, 15) is 0 Å². The molecule has 282 valence electrons. The van der Waals surface area contributed by atoms with Crippen molar-refractivity contribution in [1.29, 1.82) is 0 Å². The Kier molecular flexibility index (Phi) is 7.37. The van der Waals surface area contributed by atoms with Gasteiger partial charge >= 0.3 is 0 Å². The molecule has 0 aliphatic heterocycles. The van der Waals surface area contributed by atoms with Crippen LogP contribution in [0.5, 0.6) is 0 Å². The molecule has 0 spiro atoms. The van der Waals surface area contributed by atoms with E-state index < -0.39 is 0 Å². The molecule has 0 aliphatic rings. The second-order valence-corrected chi connectivity index (χ2v) is 16.4. The van der Waals surface area contributed by atoms with Crippen LogP contribution in [0.25, 0.3) is 108 Å². The average molecular weight is 772 g/mol. The molecule has 0 radical (unpaired) electrons. The lowest BCUT2D eigenvalue weighted by atomic mass is 9.87. The van der Waals surface area contributed by atoms with E-state index >= 15 is 0 Å². The molecule has 13 aromatic rings. The molecule has 0 aliphatic carbocycles. The molecule has 0 fully saturated rings. The summed E-state index contributed by atoms with van der Waals surface area (Å²) < 4.78 is 0. The van der Waals surface area contributed by atoms with Gasteiger partial charge in [0, 0.05) is 17.1 Å². The highest BCUT2D eigenvalue weighted by molar-refractivity contribution is 6.37. The van der Waals surface area contributed by atoms with Gasteiger partial charge in [-0.1, -0.05) is 188 Å². The Labute approximate surface area is 353 Å². The van der Waals surface area contributed by atoms with Crippen molar-refractivity contribution < 1.29 is 0 Å². The van der Waals surface area contributed by atoms with Crippen LogP contribution in [0, 0.1) is 0 Å². The molecule has 13 rings (SSSR count). The first-order valence-electron chi connectivity index (χ1n) is 21.2. The fourth-order valence-electron chi connectivity index (χ4n) is 10.4. The maximum absolute atomic E-state index is 2.46. The van der Waals surface area contributed by atoms with E-state index in [0.717, 1.165) is 17.1 Å².